The van der Waals surface area contributed by atoms with E-state index < -0.39 is 0 Å². The number of nitrogens with zero attached hydrogens (tertiary/aromatic N) is 1. The Morgan fingerprint density at radius 3 is 3.07 bits per heavy atom. The van der Waals surface area contributed by atoms with Crippen LogP contribution in [0.15, 0.2) is 24.5 Å². The molecule has 0 radical (unpaired) electrons. The summed E-state index contributed by atoms with van der Waals surface area (Å²) in [5.74, 6) is -0.175. The summed E-state index contributed by atoms with van der Waals surface area (Å²) in [7, 11) is 0. The van der Waals surface area contributed by atoms with E-state index in [1.807, 2.05) is 12.1 Å². The molecule has 0 aliphatic rings. The summed E-state index contributed by atoms with van der Waals surface area (Å²) in [5.41, 5.74) is 0.897. The van der Waals surface area contributed by atoms with Crippen LogP contribution in [0.25, 0.3) is 0 Å². The first kappa shape index (κ1) is 10.7. The molecule has 0 aromatic carbocycles. The van der Waals surface area contributed by atoms with Gasteiger partial charge in [0.15, 0.2) is 0 Å². The zero-order valence-corrected chi connectivity index (χ0v) is 8.40. The Labute approximate surface area is 84.1 Å². The topological polar surface area (TPSA) is 39.2 Å². The molecule has 0 fully saturated rings. The monoisotopic (exact) mass is 193 g/mol. The van der Waals surface area contributed by atoms with Crippen molar-refractivity contribution in [2.24, 2.45) is 0 Å². The summed E-state index contributed by atoms with van der Waals surface area (Å²) in [6.45, 7) is 2.59. The number of aromatic nitrogens is 1. The van der Waals surface area contributed by atoms with Crippen molar-refractivity contribution in [2.75, 3.05) is 6.61 Å². The molecule has 0 amide bonds. The van der Waals surface area contributed by atoms with Gasteiger partial charge in [-0.1, -0.05) is 19.4 Å². The molecule has 0 spiro atoms. The highest BCUT2D eigenvalue weighted by molar-refractivity contribution is 5.72. The Hall–Kier alpha value is -1.38. The van der Waals surface area contributed by atoms with E-state index in [0.717, 1.165) is 18.4 Å². The van der Waals surface area contributed by atoms with Crippen molar-refractivity contribution in [1.82, 2.24) is 4.98 Å². The van der Waals surface area contributed by atoms with Crippen LogP contribution in [0, 0.1) is 0 Å². The van der Waals surface area contributed by atoms with Gasteiger partial charge in [0.1, 0.15) is 0 Å². The van der Waals surface area contributed by atoms with Gasteiger partial charge in [0.25, 0.3) is 0 Å². The second-order valence-electron chi connectivity index (χ2n) is 3.11. The normalized spacial score (nSPS) is 9.79. The van der Waals surface area contributed by atoms with Crippen molar-refractivity contribution in [1.29, 1.82) is 0 Å². The third-order valence-corrected chi connectivity index (χ3v) is 1.83. The van der Waals surface area contributed by atoms with Crippen LogP contribution in [0.3, 0.4) is 0 Å². The predicted octanol–water partition coefficient (Wildman–Crippen LogP) is 1.97. The fourth-order valence-electron chi connectivity index (χ4n) is 1.05. The van der Waals surface area contributed by atoms with Crippen LogP contribution in [0.2, 0.25) is 0 Å². The van der Waals surface area contributed by atoms with Crippen LogP contribution in [-0.4, -0.2) is 17.6 Å². The number of pyridine rings is 1. The smallest absolute Gasteiger partial charge is 0.310 e. The van der Waals surface area contributed by atoms with Crippen LogP contribution < -0.4 is 0 Å². The maximum absolute atomic E-state index is 11.2. The molecule has 3 nitrogen and oxygen atoms in total. The van der Waals surface area contributed by atoms with Crippen LogP contribution in [0.5, 0.6) is 0 Å². The van der Waals surface area contributed by atoms with Gasteiger partial charge >= 0.3 is 5.97 Å². The van der Waals surface area contributed by atoms with Gasteiger partial charge in [-0.2, -0.15) is 0 Å². The minimum atomic E-state index is -0.175. The summed E-state index contributed by atoms with van der Waals surface area (Å²) in [6, 6.07) is 3.68. The molecule has 14 heavy (non-hydrogen) atoms. The maximum atomic E-state index is 11.2. The number of hydrogen-bond donors (Lipinski definition) is 0. The van der Waals surface area contributed by atoms with E-state index in [9.17, 15) is 4.79 Å². The van der Waals surface area contributed by atoms with Crippen LogP contribution in [0.1, 0.15) is 25.3 Å². The first-order valence-electron chi connectivity index (χ1n) is 4.87. The number of hydrogen-bond acceptors (Lipinski definition) is 3. The Morgan fingerprint density at radius 2 is 2.43 bits per heavy atom. The molecule has 0 aliphatic carbocycles. The predicted molar refractivity (Wildman–Crippen MR) is 53.8 cm³/mol. The lowest BCUT2D eigenvalue weighted by Gasteiger charge is -2.02. The van der Waals surface area contributed by atoms with Crippen molar-refractivity contribution in [2.45, 2.75) is 26.2 Å². The molecule has 76 valence electrons. The van der Waals surface area contributed by atoms with E-state index >= 15 is 0 Å². The molecule has 0 N–H and O–H groups in total. The number of carbonyl (C=O) groups is 1. The lowest BCUT2D eigenvalue weighted by atomic mass is 10.2. The quantitative estimate of drug-likeness (QED) is 0.530. The number of unbranched alkanes of at least 4 members (excludes halogenated alkanes) is 1. The maximum Gasteiger partial charge on any atom is 0.310 e. The molecule has 3 heteroatoms. The minimum Gasteiger partial charge on any atom is -0.465 e. The molecule has 0 saturated heterocycles. The molecule has 1 rings (SSSR count). The van der Waals surface area contributed by atoms with Crippen LogP contribution in [-0.2, 0) is 16.0 Å². The molecule has 1 heterocycles. The fraction of sp³-hybridized carbons (Fsp3) is 0.455. The SMILES string of the molecule is CCCCOC(=O)Cc1cccnc1. The summed E-state index contributed by atoms with van der Waals surface area (Å²) < 4.78 is 5.02. The third kappa shape index (κ3) is 4.03. The van der Waals surface area contributed by atoms with Gasteiger partial charge in [-0.3, -0.25) is 9.78 Å². The molecular weight excluding hydrogens is 178 g/mol. The summed E-state index contributed by atoms with van der Waals surface area (Å²) in [6.07, 6.45) is 5.66. The number of ether oxygens (including phenoxy) is 1. The molecular formula is C11H15NO2. The van der Waals surface area contributed by atoms with E-state index in [1.54, 1.807) is 12.4 Å². The Balaban J connectivity index is 2.27. The van der Waals surface area contributed by atoms with Gasteiger partial charge in [-0.05, 0) is 18.1 Å². The Morgan fingerprint density at radius 1 is 1.57 bits per heavy atom. The molecule has 0 atom stereocenters. The average Bonchev–Trinajstić information content (AvgIpc) is 2.20. The first-order chi connectivity index (χ1) is 6.83. The number of carbonyl (C=O) groups excluding carboxylic acids is 1. The Kier molecular flexibility index (Phi) is 4.69. The summed E-state index contributed by atoms with van der Waals surface area (Å²) >= 11 is 0. The zero-order chi connectivity index (χ0) is 10.2. The summed E-state index contributed by atoms with van der Waals surface area (Å²) in [4.78, 5) is 15.2. The number of esters is 1. The molecule has 0 saturated carbocycles. The van der Waals surface area contributed by atoms with Gasteiger partial charge in [0.05, 0.1) is 13.0 Å². The van der Waals surface area contributed by atoms with E-state index in [4.69, 9.17) is 4.74 Å². The molecule has 0 aliphatic heterocycles. The zero-order valence-electron chi connectivity index (χ0n) is 8.40. The van der Waals surface area contributed by atoms with E-state index in [2.05, 4.69) is 11.9 Å². The van der Waals surface area contributed by atoms with E-state index in [0.29, 0.717) is 13.0 Å². The summed E-state index contributed by atoms with van der Waals surface area (Å²) in [5, 5.41) is 0. The van der Waals surface area contributed by atoms with Crippen molar-refractivity contribution >= 4 is 5.97 Å². The van der Waals surface area contributed by atoms with Gasteiger partial charge in [0.2, 0.25) is 0 Å². The number of rotatable bonds is 5. The van der Waals surface area contributed by atoms with Gasteiger partial charge in [-0.15, -0.1) is 0 Å². The Bertz CT molecular complexity index is 272. The highest BCUT2D eigenvalue weighted by Crippen LogP contribution is 1.99. The van der Waals surface area contributed by atoms with Crippen molar-refractivity contribution in [3.63, 3.8) is 0 Å². The average molecular weight is 193 g/mol. The second kappa shape index (κ2) is 6.13. The fourth-order valence-corrected chi connectivity index (χ4v) is 1.05. The van der Waals surface area contributed by atoms with Crippen molar-refractivity contribution < 1.29 is 9.53 Å². The van der Waals surface area contributed by atoms with Gasteiger partial charge in [-0.25, -0.2) is 0 Å². The second-order valence-corrected chi connectivity index (χ2v) is 3.11. The van der Waals surface area contributed by atoms with Crippen LogP contribution >= 0.6 is 0 Å². The third-order valence-electron chi connectivity index (χ3n) is 1.83. The molecule has 0 bridgehead atoms. The highest BCUT2D eigenvalue weighted by atomic mass is 16.5. The largest absolute Gasteiger partial charge is 0.465 e. The lowest BCUT2D eigenvalue weighted by molar-refractivity contribution is -0.142. The van der Waals surface area contributed by atoms with Crippen molar-refractivity contribution in [3.8, 4) is 0 Å². The van der Waals surface area contributed by atoms with Crippen molar-refractivity contribution in [3.05, 3.63) is 30.1 Å². The van der Waals surface area contributed by atoms with E-state index in [-0.39, 0.29) is 5.97 Å². The molecule has 0 unspecified atom stereocenters. The van der Waals surface area contributed by atoms with Gasteiger partial charge in [0, 0.05) is 12.4 Å². The van der Waals surface area contributed by atoms with Crippen LogP contribution in [0.4, 0.5) is 0 Å². The van der Waals surface area contributed by atoms with Gasteiger partial charge < -0.3 is 4.74 Å². The molecule has 1 aromatic heterocycles. The first-order valence-corrected chi connectivity index (χ1v) is 4.87. The minimum absolute atomic E-state index is 0.175. The molecule has 1 aromatic rings. The van der Waals surface area contributed by atoms with E-state index in [1.165, 1.54) is 0 Å². The lowest BCUT2D eigenvalue weighted by Crippen LogP contribution is -2.08. The standard InChI is InChI=1S/C11H15NO2/c1-2-3-7-14-11(13)8-10-5-4-6-12-9-10/h4-6,9H,2-3,7-8H2,1H3. The highest BCUT2D eigenvalue weighted by Gasteiger charge is 2.03.